The summed E-state index contributed by atoms with van der Waals surface area (Å²) in [6.07, 6.45) is 8.03. The molecule has 3 unspecified atom stereocenters. The van der Waals surface area contributed by atoms with Gasteiger partial charge in [0.1, 0.15) is 0 Å². The van der Waals surface area contributed by atoms with Crippen molar-refractivity contribution in [1.82, 2.24) is 0 Å². The lowest BCUT2D eigenvalue weighted by Crippen LogP contribution is -2.41. The highest BCUT2D eigenvalue weighted by molar-refractivity contribution is 5.06. The minimum atomic E-state index is -0.710. The lowest BCUT2D eigenvalue weighted by atomic mass is 9.81. The Morgan fingerprint density at radius 3 is 2.72 bits per heavy atom. The normalized spacial score (nSPS) is 29.8. The van der Waals surface area contributed by atoms with E-state index in [9.17, 15) is 10.2 Å². The fourth-order valence-corrected chi connectivity index (χ4v) is 3.26. The Hall–Kier alpha value is -0.680. The van der Waals surface area contributed by atoms with Gasteiger partial charge in [0.2, 0.25) is 0 Å². The maximum Gasteiger partial charge on any atom is 0.0916 e. The zero-order valence-corrected chi connectivity index (χ0v) is 16.7. The molecule has 1 aliphatic heterocycles. The van der Waals surface area contributed by atoms with Gasteiger partial charge < -0.3 is 20.1 Å². The van der Waals surface area contributed by atoms with E-state index in [1.54, 1.807) is 6.08 Å². The molecule has 1 heterocycles. The summed E-state index contributed by atoms with van der Waals surface area (Å²) >= 11 is 0. The molecule has 1 fully saturated rings. The van der Waals surface area contributed by atoms with Crippen molar-refractivity contribution in [2.45, 2.75) is 90.4 Å². The smallest absolute Gasteiger partial charge is 0.0916 e. The van der Waals surface area contributed by atoms with Gasteiger partial charge in [0, 0.05) is 0 Å². The van der Waals surface area contributed by atoms with Crippen LogP contribution in [0.25, 0.3) is 0 Å². The first-order valence-electron chi connectivity index (χ1n) is 9.57. The van der Waals surface area contributed by atoms with Crippen LogP contribution in [0.1, 0.15) is 73.1 Å². The molecule has 4 nitrogen and oxygen atoms in total. The zero-order valence-electron chi connectivity index (χ0n) is 16.7. The topological polar surface area (TPSA) is 69.9 Å². The molecule has 4 heteroatoms. The van der Waals surface area contributed by atoms with Crippen molar-refractivity contribution in [3.8, 4) is 0 Å². The molecule has 1 aliphatic rings. The molecular weight excluding hydrogens is 316 g/mol. The van der Waals surface area contributed by atoms with Gasteiger partial charge in [-0.1, -0.05) is 31.1 Å². The van der Waals surface area contributed by atoms with E-state index in [0.717, 1.165) is 31.3 Å². The van der Waals surface area contributed by atoms with Crippen molar-refractivity contribution in [2.24, 2.45) is 5.92 Å². The number of ether oxygens (including phenoxy) is 1. The minimum Gasteiger partial charge on any atom is -0.392 e. The molecule has 4 atom stereocenters. The van der Waals surface area contributed by atoms with E-state index in [-0.39, 0.29) is 12.5 Å². The van der Waals surface area contributed by atoms with E-state index in [4.69, 9.17) is 9.84 Å². The molecule has 0 aromatic rings. The van der Waals surface area contributed by atoms with Crippen LogP contribution in [0.4, 0.5) is 0 Å². The maximum absolute atomic E-state index is 10.7. The molecule has 0 saturated carbocycles. The quantitative estimate of drug-likeness (QED) is 0.581. The Labute approximate surface area is 153 Å². The monoisotopic (exact) mass is 354 g/mol. The summed E-state index contributed by atoms with van der Waals surface area (Å²) in [4.78, 5) is 0. The third kappa shape index (κ3) is 7.22. The van der Waals surface area contributed by atoms with Gasteiger partial charge in [0.05, 0.1) is 30.5 Å². The molecular formula is C21H38O4. The standard InChI is InChI=1S/C21H38O4/c1-16(2)10-13-20(4,24)17(3)7-6-12-21(5)19(23)9-8-18(11-14-22)15-25-21/h10-11,17,19,22-24H,6-9,12-15H2,1-5H3/t17?,19-,20?,21?/m1/s1. The van der Waals surface area contributed by atoms with E-state index >= 15 is 0 Å². The van der Waals surface area contributed by atoms with E-state index in [0.29, 0.717) is 19.4 Å². The second-order valence-electron chi connectivity index (χ2n) is 8.34. The van der Waals surface area contributed by atoms with Crippen molar-refractivity contribution in [1.29, 1.82) is 0 Å². The van der Waals surface area contributed by atoms with Gasteiger partial charge in [-0.15, -0.1) is 0 Å². The van der Waals surface area contributed by atoms with Gasteiger partial charge in [-0.3, -0.25) is 0 Å². The van der Waals surface area contributed by atoms with Crippen molar-refractivity contribution in [2.75, 3.05) is 13.2 Å². The molecule has 0 aliphatic carbocycles. The molecule has 1 rings (SSSR count). The lowest BCUT2D eigenvalue weighted by molar-refractivity contribution is -0.106. The summed E-state index contributed by atoms with van der Waals surface area (Å²) in [5.74, 6) is 0.180. The van der Waals surface area contributed by atoms with Crippen LogP contribution < -0.4 is 0 Å². The largest absolute Gasteiger partial charge is 0.392 e. The molecule has 0 aromatic carbocycles. The van der Waals surface area contributed by atoms with Crippen LogP contribution in [-0.2, 0) is 4.74 Å². The van der Waals surface area contributed by atoms with E-state index in [2.05, 4.69) is 13.0 Å². The third-order valence-corrected chi connectivity index (χ3v) is 5.71. The maximum atomic E-state index is 10.7. The Bertz CT molecular complexity index is 463. The van der Waals surface area contributed by atoms with Crippen molar-refractivity contribution in [3.63, 3.8) is 0 Å². The Balaban J connectivity index is 2.55. The van der Waals surface area contributed by atoms with Crippen molar-refractivity contribution < 1.29 is 20.1 Å². The SMILES string of the molecule is CC(C)=CCC(C)(O)C(C)CCCC1(C)OCC(=CCO)CC[C@H]1O. The predicted octanol–water partition coefficient (Wildman–Crippen LogP) is 3.75. The van der Waals surface area contributed by atoms with Gasteiger partial charge in [0.25, 0.3) is 0 Å². The highest BCUT2D eigenvalue weighted by Gasteiger charge is 2.36. The fourth-order valence-electron chi connectivity index (χ4n) is 3.26. The van der Waals surface area contributed by atoms with Crippen LogP contribution >= 0.6 is 0 Å². The molecule has 0 radical (unpaired) electrons. The highest BCUT2D eigenvalue weighted by Crippen LogP contribution is 2.33. The number of hydrogen-bond acceptors (Lipinski definition) is 4. The van der Waals surface area contributed by atoms with Crippen molar-refractivity contribution >= 4 is 0 Å². The van der Waals surface area contributed by atoms with Gasteiger partial charge in [0.15, 0.2) is 0 Å². The molecule has 146 valence electrons. The molecule has 0 spiro atoms. The molecule has 0 amide bonds. The van der Waals surface area contributed by atoms with Crippen LogP contribution in [0.15, 0.2) is 23.3 Å². The third-order valence-electron chi connectivity index (χ3n) is 5.71. The van der Waals surface area contributed by atoms with Crippen molar-refractivity contribution in [3.05, 3.63) is 23.3 Å². The van der Waals surface area contributed by atoms with Gasteiger partial charge in [-0.05, 0) is 71.3 Å². The fraction of sp³-hybridized carbons (Fsp3) is 0.810. The second-order valence-corrected chi connectivity index (χ2v) is 8.34. The van der Waals surface area contributed by atoms with Gasteiger partial charge >= 0.3 is 0 Å². The average molecular weight is 355 g/mol. The summed E-state index contributed by atoms with van der Waals surface area (Å²) < 4.78 is 6.01. The summed E-state index contributed by atoms with van der Waals surface area (Å²) in [5.41, 5.74) is 1.01. The number of rotatable bonds is 8. The van der Waals surface area contributed by atoms with Gasteiger partial charge in [-0.25, -0.2) is 0 Å². The summed E-state index contributed by atoms with van der Waals surface area (Å²) in [6.45, 7) is 10.6. The lowest BCUT2D eigenvalue weighted by Gasteiger charge is -2.34. The predicted molar refractivity (Wildman–Crippen MR) is 102 cm³/mol. The highest BCUT2D eigenvalue weighted by atomic mass is 16.5. The van der Waals surface area contributed by atoms with E-state index in [1.807, 2.05) is 27.7 Å². The summed E-state index contributed by atoms with van der Waals surface area (Å²) in [7, 11) is 0. The molecule has 25 heavy (non-hydrogen) atoms. The van der Waals surface area contributed by atoms with Crippen LogP contribution in [0.2, 0.25) is 0 Å². The Morgan fingerprint density at radius 1 is 1.44 bits per heavy atom. The van der Waals surface area contributed by atoms with E-state index in [1.165, 1.54) is 5.57 Å². The zero-order chi connectivity index (χ0) is 19.1. The first-order valence-corrected chi connectivity index (χ1v) is 9.57. The molecule has 0 bridgehead atoms. The average Bonchev–Trinajstić information content (AvgIpc) is 2.67. The van der Waals surface area contributed by atoms with Crippen LogP contribution in [-0.4, -0.2) is 45.8 Å². The van der Waals surface area contributed by atoms with Crippen LogP contribution in [0.3, 0.4) is 0 Å². The minimum absolute atomic E-state index is 0.0176. The molecule has 3 N–H and O–H groups in total. The number of aliphatic hydroxyl groups is 3. The number of allylic oxidation sites excluding steroid dienone is 1. The van der Waals surface area contributed by atoms with E-state index < -0.39 is 17.3 Å². The first-order chi connectivity index (χ1) is 11.6. The Morgan fingerprint density at radius 2 is 2.12 bits per heavy atom. The number of aliphatic hydroxyl groups excluding tert-OH is 2. The second kappa shape index (κ2) is 9.86. The van der Waals surface area contributed by atoms with Gasteiger partial charge in [-0.2, -0.15) is 0 Å². The molecule has 0 aromatic heterocycles. The summed E-state index contributed by atoms with van der Waals surface area (Å²) in [6, 6.07) is 0. The summed E-state index contributed by atoms with van der Waals surface area (Å²) in [5, 5.41) is 30.2. The molecule has 1 saturated heterocycles. The first kappa shape index (κ1) is 22.4. The number of hydrogen-bond donors (Lipinski definition) is 3. The van der Waals surface area contributed by atoms with Crippen LogP contribution in [0, 0.1) is 5.92 Å². The Kier molecular flexibility index (Phi) is 8.82. The van der Waals surface area contributed by atoms with Crippen LogP contribution in [0.5, 0.6) is 0 Å².